The minimum absolute atomic E-state index is 0. The Balaban J connectivity index is 0.00000341. The molecule has 33 heavy (non-hydrogen) atoms. The van der Waals surface area contributed by atoms with Crippen molar-refractivity contribution in [3.8, 4) is 11.5 Å². The van der Waals surface area contributed by atoms with Gasteiger partial charge >= 0.3 is 5.97 Å². The zero-order valence-corrected chi connectivity index (χ0v) is 23.5. The van der Waals surface area contributed by atoms with Crippen LogP contribution in [0.3, 0.4) is 0 Å². The second kappa shape index (κ2) is 14.0. The molecule has 1 fully saturated rings. The van der Waals surface area contributed by atoms with Gasteiger partial charge in [-0.1, -0.05) is 13.8 Å². The molecule has 0 aliphatic carbocycles. The Morgan fingerprint density at radius 3 is 2.33 bits per heavy atom. The van der Waals surface area contributed by atoms with Gasteiger partial charge in [0, 0.05) is 38.4 Å². The van der Waals surface area contributed by atoms with Crippen molar-refractivity contribution in [2.24, 2.45) is 11.3 Å². The fraction of sp³-hybridized carbons (Fsp3) is 0.708. The summed E-state index contributed by atoms with van der Waals surface area (Å²) < 4.78 is 29.7. The van der Waals surface area contributed by atoms with Crippen LogP contribution in [-0.2, 0) is 16.0 Å². The van der Waals surface area contributed by atoms with E-state index in [0.29, 0.717) is 6.42 Å². The van der Waals surface area contributed by atoms with Gasteiger partial charge in [0.2, 0.25) is 0 Å². The van der Waals surface area contributed by atoms with Crippen molar-refractivity contribution in [2.75, 3.05) is 34.0 Å². The number of hydrogen-bond donors (Lipinski definition) is 0. The summed E-state index contributed by atoms with van der Waals surface area (Å²) in [5.74, 6) is 1.53. The van der Waals surface area contributed by atoms with Gasteiger partial charge in [-0.2, -0.15) is 40.5 Å². The third kappa shape index (κ3) is 7.87. The lowest BCUT2D eigenvalue weighted by atomic mass is 9.76. The minimum atomic E-state index is -0.290. The number of fused-ring (bicyclic) bond motifs is 3. The second-order valence-electron chi connectivity index (χ2n) is 9.45. The van der Waals surface area contributed by atoms with Crippen LogP contribution in [0.1, 0.15) is 63.6 Å². The summed E-state index contributed by atoms with van der Waals surface area (Å²) in [4.78, 5) is 14.3. The summed E-state index contributed by atoms with van der Waals surface area (Å²) in [6, 6.07) is 4.37. The van der Waals surface area contributed by atoms with E-state index in [4.69, 9.17) is 14.2 Å². The van der Waals surface area contributed by atoms with Crippen LogP contribution in [0.5, 0.6) is 11.5 Å². The maximum absolute atomic E-state index is 12.9. The minimum Gasteiger partial charge on any atom is -0.493 e. The normalized spacial score (nSPS) is 21.8. The number of alkyl halides is 1. The second-order valence-corrected chi connectivity index (χ2v) is 9.45. The Hall–Kier alpha value is -0.770. The van der Waals surface area contributed by atoms with Crippen LogP contribution >= 0.6 is 40.5 Å². The van der Waals surface area contributed by atoms with Crippen LogP contribution in [0.25, 0.3) is 0 Å². The average Bonchev–Trinajstić information content (AvgIpc) is 2.70. The monoisotopic (exact) mass is 523 g/mol. The van der Waals surface area contributed by atoms with Crippen LogP contribution in [0.2, 0.25) is 0 Å². The lowest BCUT2D eigenvalue weighted by Crippen LogP contribution is -2.49. The molecule has 0 amide bonds. The summed E-state index contributed by atoms with van der Waals surface area (Å²) in [7, 11) is 3.31. The van der Waals surface area contributed by atoms with Crippen molar-refractivity contribution in [1.29, 1.82) is 0 Å². The van der Waals surface area contributed by atoms with Crippen molar-refractivity contribution in [1.82, 2.24) is 4.90 Å². The molecule has 1 unspecified atom stereocenters. The first kappa shape index (κ1) is 32.2. The molecule has 2 aliphatic heterocycles. The van der Waals surface area contributed by atoms with E-state index in [1.165, 1.54) is 18.1 Å². The molecule has 0 radical (unpaired) electrons. The summed E-state index contributed by atoms with van der Waals surface area (Å²) in [5, 5.41) is 0. The number of methoxy groups -OCH3 is 2. The Morgan fingerprint density at radius 1 is 1.12 bits per heavy atom. The SMILES string of the molecule is COc1cc2c(cc1OC)[C@@H]1CC(OC(C)=O)[C@@H](CCC(C)(C)CC[19F])CN1CC2.S.S.S. The first-order valence-electron chi connectivity index (χ1n) is 11.0. The van der Waals surface area contributed by atoms with E-state index in [1.54, 1.807) is 14.2 Å². The van der Waals surface area contributed by atoms with E-state index in [1.807, 2.05) is 0 Å². The molecule has 3 atom stereocenters. The number of nitrogens with zero attached hydrogens (tertiary/aromatic N) is 1. The molecule has 9 heteroatoms. The molecule has 5 nitrogen and oxygen atoms in total. The molecule has 0 N–H and O–H groups in total. The summed E-state index contributed by atoms with van der Waals surface area (Å²) in [6.45, 7) is 7.30. The van der Waals surface area contributed by atoms with E-state index in [2.05, 4.69) is 30.9 Å². The lowest BCUT2D eigenvalue weighted by Gasteiger charge is -2.47. The molecule has 192 valence electrons. The molecule has 0 bridgehead atoms. The van der Waals surface area contributed by atoms with E-state index in [9.17, 15) is 9.18 Å². The molecule has 3 rings (SSSR count). The Kier molecular flexibility index (Phi) is 13.6. The van der Waals surface area contributed by atoms with Gasteiger partial charge in [-0.05, 0) is 54.4 Å². The molecule has 1 aromatic rings. The van der Waals surface area contributed by atoms with Crippen molar-refractivity contribution < 1.29 is 23.4 Å². The van der Waals surface area contributed by atoms with Crippen molar-refractivity contribution in [3.63, 3.8) is 0 Å². The number of esters is 1. The number of rotatable bonds is 8. The smallest absolute Gasteiger partial charge is 0.302 e. The number of benzene rings is 1. The first-order chi connectivity index (χ1) is 14.3. The van der Waals surface area contributed by atoms with Gasteiger partial charge in [0.1, 0.15) is 6.10 Å². The Bertz CT molecular complexity index is 765. The van der Waals surface area contributed by atoms with Gasteiger partial charge in [0.15, 0.2) is 11.5 Å². The number of ether oxygens (including phenoxy) is 3. The van der Waals surface area contributed by atoms with Crippen molar-refractivity contribution in [3.05, 3.63) is 23.3 Å². The zero-order valence-electron chi connectivity index (χ0n) is 20.5. The van der Waals surface area contributed by atoms with Gasteiger partial charge < -0.3 is 14.2 Å². The zero-order chi connectivity index (χ0) is 21.9. The van der Waals surface area contributed by atoms with Gasteiger partial charge in [-0.15, -0.1) is 0 Å². The van der Waals surface area contributed by atoms with Crippen LogP contribution in [0, 0.1) is 11.3 Å². The standard InChI is InChI=1S/C24H36FNO4.3H2S/c1-16(27)30-21-14-20-19-13-23(29-5)22(28-4)12-17(19)7-11-26(20)15-18(21)6-8-24(2,3)9-10-25;;;/h12-13,18,20-21H,6-11,14-15H2,1-5H3;3*1H2/t18-,20-,21?;;;/m0.../s1/i25+0;;;. The average molecular weight is 524 g/mol. The third-order valence-electron chi connectivity index (χ3n) is 6.84. The fourth-order valence-electron chi connectivity index (χ4n) is 5.00. The Labute approximate surface area is 219 Å². The van der Waals surface area contributed by atoms with Crippen molar-refractivity contribution in [2.45, 2.75) is 65.0 Å². The van der Waals surface area contributed by atoms with Crippen LogP contribution in [-0.4, -0.2) is 51.0 Å². The molecule has 2 heterocycles. The fourth-order valence-corrected chi connectivity index (χ4v) is 5.00. The number of carbonyl (C=O) groups excluding carboxylic acids is 1. The molecular weight excluding hydrogens is 481 g/mol. The van der Waals surface area contributed by atoms with Crippen LogP contribution < -0.4 is 9.47 Å². The Morgan fingerprint density at radius 2 is 1.76 bits per heavy atom. The van der Waals surface area contributed by atoms with Gasteiger partial charge in [-0.3, -0.25) is 14.1 Å². The van der Waals surface area contributed by atoms with E-state index < -0.39 is 0 Å². The highest BCUT2D eigenvalue weighted by molar-refractivity contribution is 7.59. The lowest BCUT2D eigenvalue weighted by molar-refractivity contribution is -0.154. The van der Waals surface area contributed by atoms with E-state index >= 15 is 0 Å². The number of halogens is 1. The van der Waals surface area contributed by atoms with Crippen LogP contribution in [0.4, 0.5) is 4.39 Å². The topological polar surface area (TPSA) is 48.0 Å². The summed E-state index contributed by atoms with van der Waals surface area (Å²) in [6.07, 6.45) is 4.05. The summed E-state index contributed by atoms with van der Waals surface area (Å²) in [5.41, 5.74) is 2.48. The molecule has 1 saturated heterocycles. The van der Waals surface area contributed by atoms with Gasteiger partial charge in [0.05, 0.1) is 20.9 Å². The molecule has 0 saturated carbocycles. The summed E-state index contributed by atoms with van der Waals surface area (Å²) >= 11 is 0. The van der Waals surface area contributed by atoms with Gasteiger partial charge in [-0.25, -0.2) is 0 Å². The molecule has 0 spiro atoms. The van der Waals surface area contributed by atoms with Crippen LogP contribution in [0.15, 0.2) is 12.1 Å². The number of piperidine rings is 1. The molecule has 1 aromatic carbocycles. The predicted molar refractivity (Wildman–Crippen MR) is 146 cm³/mol. The van der Waals surface area contributed by atoms with Gasteiger partial charge in [0.25, 0.3) is 0 Å². The third-order valence-corrected chi connectivity index (χ3v) is 6.84. The predicted octanol–water partition coefficient (Wildman–Crippen LogP) is 5.06. The highest BCUT2D eigenvalue weighted by Crippen LogP contribution is 2.44. The maximum Gasteiger partial charge on any atom is 0.302 e. The molecular formula is C24H42FNO4S3. The maximum atomic E-state index is 12.9. The molecule has 0 aromatic heterocycles. The largest absolute Gasteiger partial charge is 0.493 e. The quantitative estimate of drug-likeness (QED) is 0.446. The number of hydrogen-bond acceptors (Lipinski definition) is 5. The number of carbonyl (C=O) groups is 1. The first-order valence-corrected chi connectivity index (χ1v) is 11.0. The van der Waals surface area contributed by atoms with E-state index in [0.717, 1.165) is 50.3 Å². The highest BCUT2D eigenvalue weighted by Gasteiger charge is 2.41. The highest BCUT2D eigenvalue weighted by atomic mass is 32.1. The van der Waals surface area contributed by atoms with E-state index in [-0.39, 0.29) is 76.6 Å². The molecule has 2 aliphatic rings. The van der Waals surface area contributed by atoms with Crippen molar-refractivity contribution >= 4 is 46.5 Å².